The third-order valence-electron chi connectivity index (χ3n) is 4.19. The van der Waals surface area contributed by atoms with Gasteiger partial charge in [0.05, 0.1) is 6.61 Å². The van der Waals surface area contributed by atoms with Crippen molar-refractivity contribution in [2.24, 2.45) is 0 Å². The van der Waals surface area contributed by atoms with E-state index in [-0.39, 0.29) is 0 Å². The van der Waals surface area contributed by atoms with E-state index in [0.717, 1.165) is 31.7 Å². The molecule has 0 spiro atoms. The number of hydrogen-bond acceptors (Lipinski definition) is 2. The van der Waals surface area contributed by atoms with Crippen molar-refractivity contribution in [3.8, 4) is 5.75 Å². The molecule has 0 radical (unpaired) electrons. The van der Waals surface area contributed by atoms with Crippen molar-refractivity contribution < 1.29 is 4.74 Å². The Morgan fingerprint density at radius 2 is 2.16 bits per heavy atom. The van der Waals surface area contributed by atoms with Crippen LogP contribution in [0.25, 0.3) is 10.9 Å². The molecule has 1 aromatic carbocycles. The lowest BCUT2D eigenvalue weighted by Gasteiger charge is -2.21. The molecule has 3 rings (SSSR count). The normalized spacial score (nSPS) is 16.4. The van der Waals surface area contributed by atoms with E-state index in [1.165, 1.54) is 16.5 Å². The zero-order valence-electron chi connectivity index (χ0n) is 12.0. The van der Waals surface area contributed by atoms with Crippen LogP contribution in [-0.4, -0.2) is 36.2 Å². The molecule has 0 saturated heterocycles. The summed E-state index contributed by atoms with van der Waals surface area (Å²) in [6.07, 6.45) is 4.48. The number of likely N-dealkylation sites (N-methyl/N-ethyl adjacent to an activating group) is 1. The van der Waals surface area contributed by atoms with Gasteiger partial charge in [-0.3, -0.25) is 0 Å². The lowest BCUT2D eigenvalue weighted by molar-refractivity contribution is 0.286. The SMILES string of the molecule is CC(Cn1ccc2c3c(ccc21)OCCC3)N(C)C. The van der Waals surface area contributed by atoms with Crippen LogP contribution < -0.4 is 4.74 Å². The number of rotatable bonds is 3. The molecule has 0 aliphatic carbocycles. The topological polar surface area (TPSA) is 17.4 Å². The van der Waals surface area contributed by atoms with Crippen LogP contribution in [0, 0.1) is 0 Å². The molecule has 1 aromatic heterocycles. The zero-order valence-corrected chi connectivity index (χ0v) is 12.0. The van der Waals surface area contributed by atoms with Crippen molar-refractivity contribution in [1.82, 2.24) is 9.47 Å². The number of benzene rings is 1. The van der Waals surface area contributed by atoms with Gasteiger partial charge in [0.1, 0.15) is 5.75 Å². The fraction of sp³-hybridized carbons (Fsp3) is 0.500. The molecule has 3 heteroatoms. The lowest BCUT2D eigenvalue weighted by atomic mass is 10.0. The molecule has 0 fully saturated rings. The van der Waals surface area contributed by atoms with E-state index in [0.29, 0.717) is 6.04 Å². The molecule has 0 N–H and O–H groups in total. The van der Waals surface area contributed by atoms with Crippen molar-refractivity contribution >= 4 is 10.9 Å². The Labute approximate surface area is 114 Å². The molecule has 2 aromatic rings. The van der Waals surface area contributed by atoms with E-state index in [1.807, 2.05) is 0 Å². The van der Waals surface area contributed by atoms with E-state index in [2.05, 4.69) is 54.9 Å². The van der Waals surface area contributed by atoms with E-state index in [1.54, 1.807) is 0 Å². The van der Waals surface area contributed by atoms with Crippen LogP contribution in [0.2, 0.25) is 0 Å². The van der Waals surface area contributed by atoms with Gasteiger partial charge in [0.2, 0.25) is 0 Å². The van der Waals surface area contributed by atoms with Gasteiger partial charge < -0.3 is 14.2 Å². The van der Waals surface area contributed by atoms with Crippen LogP contribution in [0.4, 0.5) is 0 Å². The highest BCUT2D eigenvalue weighted by Gasteiger charge is 2.16. The monoisotopic (exact) mass is 258 g/mol. The van der Waals surface area contributed by atoms with Crippen LogP contribution in [-0.2, 0) is 13.0 Å². The Kier molecular flexibility index (Phi) is 3.23. The highest BCUT2D eigenvalue weighted by atomic mass is 16.5. The Balaban J connectivity index is 2.00. The van der Waals surface area contributed by atoms with Gasteiger partial charge in [-0.2, -0.15) is 0 Å². The summed E-state index contributed by atoms with van der Waals surface area (Å²) in [7, 11) is 4.26. The predicted molar refractivity (Wildman–Crippen MR) is 78.9 cm³/mol. The summed E-state index contributed by atoms with van der Waals surface area (Å²) in [5, 5.41) is 1.36. The Morgan fingerprint density at radius 3 is 2.95 bits per heavy atom. The second-order valence-corrected chi connectivity index (χ2v) is 5.71. The number of aromatic nitrogens is 1. The van der Waals surface area contributed by atoms with Gasteiger partial charge in [-0.25, -0.2) is 0 Å². The summed E-state index contributed by atoms with van der Waals surface area (Å²) < 4.78 is 8.10. The highest BCUT2D eigenvalue weighted by Crippen LogP contribution is 2.32. The molecule has 1 unspecified atom stereocenters. The average molecular weight is 258 g/mol. The number of fused-ring (bicyclic) bond motifs is 3. The minimum atomic E-state index is 0.530. The first kappa shape index (κ1) is 12.5. The second kappa shape index (κ2) is 4.89. The minimum Gasteiger partial charge on any atom is -0.493 e. The Hall–Kier alpha value is -1.48. The first-order valence-electron chi connectivity index (χ1n) is 7.07. The second-order valence-electron chi connectivity index (χ2n) is 5.71. The van der Waals surface area contributed by atoms with Crippen LogP contribution >= 0.6 is 0 Å². The molecule has 2 heterocycles. The van der Waals surface area contributed by atoms with Crippen LogP contribution in [0.5, 0.6) is 5.75 Å². The third kappa shape index (κ3) is 2.23. The number of aryl methyl sites for hydroxylation is 1. The van der Waals surface area contributed by atoms with Crippen molar-refractivity contribution in [2.45, 2.75) is 32.4 Å². The van der Waals surface area contributed by atoms with Gasteiger partial charge in [-0.15, -0.1) is 0 Å². The van der Waals surface area contributed by atoms with Crippen molar-refractivity contribution in [1.29, 1.82) is 0 Å². The summed E-state index contributed by atoms with van der Waals surface area (Å²) >= 11 is 0. The van der Waals surface area contributed by atoms with E-state index >= 15 is 0 Å². The third-order valence-corrected chi connectivity index (χ3v) is 4.19. The molecular formula is C16H22N2O. The molecule has 102 valence electrons. The number of ether oxygens (including phenoxy) is 1. The number of hydrogen-bond donors (Lipinski definition) is 0. The van der Waals surface area contributed by atoms with Gasteiger partial charge in [-0.1, -0.05) is 0 Å². The molecule has 0 bridgehead atoms. The Bertz CT molecular complexity index is 586. The lowest BCUT2D eigenvalue weighted by Crippen LogP contribution is -2.28. The summed E-state index contributed by atoms with van der Waals surface area (Å²) in [6.45, 7) is 4.14. The average Bonchev–Trinajstić information content (AvgIpc) is 2.82. The van der Waals surface area contributed by atoms with Crippen LogP contribution in [0.3, 0.4) is 0 Å². The molecule has 3 nitrogen and oxygen atoms in total. The maximum absolute atomic E-state index is 5.74. The van der Waals surface area contributed by atoms with Crippen LogP contribution in [0.15, 0.2) is 24.4 Å². The van der Waals surface area contributed by atoms with Crippen molar-refractivity contribution in [2.75, 3.05) is 20.7 Å². The van der Waals surface area contributed by atoms with Crippen molar-refractivity contribution in [3.05, 3.63) is 30.0 Å². The summed E-state index contributed by atoms with van der Waals surface area (Å²) in [5.41, 5.74) is 2.72. The van der Waals surface area contributed by atoms with Gasteiger partial charge in [0.25, 0.3) is 0 Å². The first-order valence-corrected chi connectivity index (χ1v) is 7.07. The smallest absolute Gasteiger partial charge is 0.123 e. The largest absolute Gasteiger partial charge is 0.493 e. The highest BCUT2D eigenvalue weighted by molar-refractivity contribution is 5.86. The molecule has 19 heavy (non-hydrogen) atoms. The maximum Gasteiger partial charge on any atom is 0.123 e. The maximum atomic E-state index is 5.74. The predicted octanol–water partition coefficient (Wildman–Crippen LogP) is 2.92. The van der Waals surface area contributed by atoms with Crippen molar-refractivity contribution in [3.63, 3.8) is 0 Å². The minimum absolute atomic E-state index is 0.530. The summed E-state index contributed by atoms with van der Waals surface area (Å²) in [5.74, 6) is 1.08. The first-order chi connectivity index (χ1) is 9.16. The van der Waals surface area contributed by atoms with Gasteiger partial charge in [0, 0.05) is 35.2 Å². The zero-order chi connectivity index (χ0) is 13.4. The standard InChI is InChI=1S/C16H22N2O/c1-12(17(2)3)11-18-9-8-13-14-5-4-10-19-16(14)7-6-15(13)18/h6-9,12H,4-5,10-11H2,1-3H3. The molecule has 1 aliphatic heterocycles. The fourth-order valence-electron chi connectivity index (χ4n) is 2.74. The molecule has 1 aliphatic rings. The van der Waals surface area contributed by atoms with E-state index in [4.69, 9.17) is 4.74 Å². The molecular weight excluding hydrogens is 236 g/mol. The van der Waals surface area contributed by atoms with Gasteiger partial charge >= 0.3 is 0 Å². The molecule has 0 saturated carbocycles. The van der Waals surface area contributed by atoms with Gasteiger partial charge in [-0.05, 0) is 52.1 Å². The Morgan fingerprint density at radius 1 is 1.32 bits per heavy atom. The van der Waals surface area contributed by atoms with E-state index in [9.17, 15) is 0 Å². The summed E-state index contributed by atoms with van der Waals surface area (Å²) in [6, 6.07) is 7.10. The van der Waals surface area contributed by atoms with Gasteiger partial charge in [0.15, 0.2) is 0 Å². The quantitative estimate of drug-likeness (QED) is 0.842. The molecule has 0 amide bonds. The summed E-state index contributed by atoms with van der Waals surface area (Å²) in [4.78, 5) is 2.26. The van der Waals surface area contributed by atoms with Crippen LogP contribution in [0.1, 0.15) is 18.9 Å². The van der Waals surface area contributed by atoms with E-state index < -0.39 is 0 Å². The number of nitrogens with zero attached hydrogens (tertiary/aromatic N) is 2. The molecule has 1 atom stereocenters. The fourth-order valence-corrected chi connectivity index (χ4v) is 2.74.